The lowest BCUT2D eigenvalue weighted by Crippen LogP contribution is -2.28. The molecule has 0 amide bonds. The van der Waals surface area contributed by atoms with Crippen molar-refractivity contribution in [2.75, 3.05) is 28.4 Å². The topological polar surface area (TPSA) is 9.72 Å². The van der Waals surface area contributed by atoms with Gasteiger partial charge in [0.1, 0.15) is 6.67 Å². The number of para-hydroxylation sites is 1. The first-order valence-corrected chi connectivity index (χ1v) is 12.0. The predicted molar refractivity (Wildman–Crippen MR) is 142 cm³/mol. The maximum absolute atomic E-state index is 2.50. The molecule has 4 aromatic carbocycles. The van der Waals surface area contributed by atoms with Crippen LogP contribution in [0.1, 0.15) is 50.7 Å². The molecular weight excluding hydrogens is 402 g/mol. The quantitative estimate of drug-likeness (QED) is 0.321. The summed E-state index contributed by atoms with van der Waals surface area (Å²) in [6.45, 7) is 9.97. The number of nitrogens with zero attached hydrogens (tertiary/aromatic N) is 3. The minimum atomic E-state index is 0.501. The first-order chi connectivity index (χ1) is 15.9. The van der Waals surface area contributed by atoms with Gasteiger partial charge in [0.2, 0.25) is 0 Å². The fourth-order valence-corrected chi connectivity index (χ4v) is 5.30. The van der Waals surface area contributed by atoms with E-state index < -0.39 is 0 Å². The summed E-state index contributed by atoms with van der Waals surface area (Å²) in [5, 5.41) is 2.57. The van der Waals surface area contributed by atoms with Crippen molar-refractivity contribution in [3.63, 3.8) is 0 Å². The number of hydrogen-bond acceptors (Lipinski definition) is 3. The van der Waals surface area contributed by atoms with Crippen LogP contribution in [0.25, 0.3) is 10.8 Å². The minimum absolute atomic E-state index is 0.501. The van der Waals surface area contributed by atoms with Crippen molar-refractivity contribution in [1.82, 2.24) is 0 Å². The van der Waals surface area contributed by atoms with E-state index in [-0.39, 0.29) is 0 Å². The van der Waals surface area contributed by atoms with Crippen LogP contribution in [0.4, 0.5) is 34.1 Å². The summed E-state index contributed by atoms with van der Waals surface area (Å²) in [6.07, 6.45) is 0. The molecule has 0 aromatic heterocycles. The third-order valence-electron chi connectivity index (χ3n) is 7.30. The number of fused-ring (bicyclic) bond motifs is 3. The van der Waals surface area contributed by atoms with E-state index >= 15 is 0 Å². The van der Waals surface area contributed by atoms with Gasteiger partial charge >= 0.3 is 0 Å². The Kier molecular flexibility index (Phi) is 4.45. The zero-order chi connectivity index (χ0) is 22.9. The molecule has 2 aliphatic heterocycles. The van der Waals surface area contributed by atoms with Crippen molar-refractivity contribution in [3.05, 3.63) is 83.9 Å². The van der Waals surface area contributed by atoms with Crippen molar-refractivity contribution in [2.24, 2.45) is 0 Å². The lowest BCUT2D eigenvalue weighted by Gasteiger charge is -2.35. The highest BCUT2D eigenvalue weighted by Crippen LogP contribution is 2.56. The van der Waals surface area contributed by atoms with Crippen LogP contribution in [0.3, 0.4) is 0 Å². The molecule has 0 saturated heterocycles. The third-order valence-corrected chi connectivity index (χ3v) is 7.30. The Bertz CT molecular complexity index is 1360. The van der Waals surface area contributed by atoms with Crippen molar-refractivity contribution in [3.8, 4) is 0 Å². The van der Waals surface area contributed by atoms with E-state index in [1.165, 1.54) is 56.0 Å². The van der Waals surface area contributed by atoms with Crippen LogP contribution in [0.2, 0.25) is 0 Å². The molecule has 6 rings (SSSR count). The summed E-state index contributed by atoms with van der Waals surface area (Å²) in [5.74, 6) is 1.00. The lowest BCUT2D eigenvalue weighted by atomic mass is 9.94. The highest BCUT2D eigenvalue weighted by molar-refractivity contribution is 6.06. The summed E-state index contributed by atoms with van der Waals surface area (Å²) in [5.41, 5.74) is 10.5. The molecule has 0 bridgehead atoms. The third kappa shape index (κ3) is 3.02. The SMILES string of the molecule is CC(C)c1cc(C(C)C)cc(N2CN3c4cc5ccccc5cc4N(C)c4cccc2c43)c1. The summed E-state index contributed by atoms with van der Waals surface area (Å²) in [7, 11) is 2.19. The van der Waals surface area contributed by atoms with Crippen molar-refractivity contribution in [1.29, 1.82) is 0 Å². The Labute approximate surface area is 196 Å². The largest absolute Gasteiger partial charge is 0.341 e. The fraction of sp³-hybridized carbons (Fsp3) is 0.267. The monoisotopic (exact) mass is 433 g/mol. The normalized spacial score (nSPS) is 14.5. The Morgan fingerprint density at radius 2 is 1.21 bits per heavy atom. The Balaban J connectivity index is 1.54. The average molecular weight is 434 g/mol. The van der Waals surface area contributed by atoms with Crippen LogP contribution in [-0.2, 0) is 0 Å². The maximum Gasteiger partial charge on any atom is 0.100 e. The van der Waals surface area contributed by atoms with Gasteiger partial charge in [-0.2, -0.15) is 0 Å². The van der Waals surface area contributed by atoms with Gasteiger partial charge in [-0.1, -0.05) is 64.1 Å². The van der Waals surface area contributed by atoms with Gasteiger partial charge in [-0.25, -0.2) is 0 Å². The minimum Gasteiger partial charge on any atom is -0.341 e. The zero-order valence-corrected chi connectivity index (χ0v) is 20.1. The molecule has 0 atom stereocenters. The number of hydrogen-bond donors (Lipinski definition) is 0. The Morgan fingerprint density at radius 1 is 0.606 bits per heavy atom. The predicted octanol–water partition coefficient (Wildman–Crippen LogP) is 8.42. The molecule has 0 saturated carbocycles. The van der Waals surface area contributed by atoms with Gasteiger partial charge in [-0.3, -0.25) is 0 Å². The molecule has 3 heteroatoms. The molecule has 0 unspecified atom stereocenters. The standard InChI is InChI=1S/C30H31N3/c1-19(2)23-13-24(20(3)4)15-25(14-23)32-18-33-29-17-22-10-7-6-9-21(22)16-28(29)31(5)26-11-8-12-27(32)30(26)33/h6-17,19-20H,18H2,1-5H3. The fourth-order valence-electron chi connectivity index (χ4n) is 5.30. The summed E-state index contributed by atoms with van der Waals surface area (Å²) < 4.78 is 0. The summed E-state index contributed by atoms with van der Waals surface area (Å²) in [6, 6.07) is 27.2. The van der Waals surface area contributed by atoms with E-state index in [1.807, 2.05) is 0 Å². The molecular formula is C30H31N3. The lowest BCUT2D eigenvalue weighted by molar-refractivity contribution is 0.831. The number of anilines is 6. The summed E-state index contributed by atoms with van der Waals surface area (Å²) >= 11 is 0. The molecule has 0 fully saturated rings. The second kappa shape index (κ2) is 7.28. The van der Waals surface area contributed by atoms with Crippen LogP contribution in [0, 0.1) is 0 Å². The second-order valence-electron chi connectivity index (χ2n) is 10.1. The molecule has 2 aliphatic rings. The van der Waals surface area contributed by atoms with Gasteiger partial charge in [0.25, 0.3) is 0 Å². The van der Waals surface area contributed by atoms with Crippen LogP contribution >= 0.6 is 0 Å². The van der Waals surface area contributed by atoms with E-state index in [0.29, 0.717) is 11.8 Å². The van der Waals surface area contributed by atoms with E-state index in [4.69, 9.17) is 0 Å². The van der Waals surface area contributed by atoms with Crippen LogP contribution in [-0.4, -0.2) is 13.7 Å². The van der Waals surface area contributed by atoms with Crippen LogP contribution in [0.5, 0.6) is 0 Å². The first kappa shape index (κ1) is 20.2. The van der Waals surface area contributed by atoms with E-state index in [0.717, 1.165) is 6.67 Å². The van der Waals surface area contributed by atoms with Gasteiger partial charge in [0.15, 0.2) is 0 Å². The molecule has 0 N–H and O–H groups in total. The molecule has 0 aliphatic carbocycles. The van der Waals surface area contributed by atoms with Crippen LogP contribution in [0.15, 0.2) is 72.8 Å². The van der Waals surface area contributed by atoms with Crippen molar-refractivity contribution in [2.45, 2.75) is 39.5 Å². The van der Waals surface area contributed by atoms with Crippen LogP contribution < -0.4 is 14.7 Å². The van der Waals surface area contributed by atoms with E-state index in [2.05, 4.69) is 122 Å². The van der Waals surface area contributed by atoms with Gasteiger partial charge in [0.05, 0.1) is 28.4 Å². The highest BCUT2D eigenvalue weighted by Gasteiger charge is 2.37. The molecule has 33 heavy (non-hydrogen) atoms. The number of benzene rings is 4. The zero-order valence-electron chi connectivity index (χ0n) is 20.1. The van der Waals surface area contributed by atoms with Gasteiger partial charge in [0, 0.05) is 12.7 Å². The summed E-state index contributed by atoms with van der Waals surface area (Å²) in [4.78, 5) is 7.35. The highest BCUT2D eigenvalue weighted by atomic mass is 15.4. The molecule has 2 heterocycles. The Hall–Kier alpha value is -3.46. The van der Waals surface area contributed by atoms with Crippen molar-refractivity contribution >= 4 is 44.9 Å². The second-order valence-corrected chi connectivity index (χ2v) is 10.1. The molecule has 4 aromatic rings. The molecule has 0 spiro atoms. The van der Waals surface area contributed by atoms with E-state index in [1.54, 1.807) is 0 Å². The van der Waals surface area contributed by atoms with Gasteiger partial charge in [-0.05, 0) is 70.1 Å². The van der Waals surface area contributed by atoms with Gasteiger partial charge in [-0.15, -0.1) is 0 Å². The maximum atomic E-state index is 2.50. The molecule has 0 radical (unpaired) electrons. The van der Waals surface area contributed by atoms with Crippen molar-refractivity contribution < 1.29 is 0 Å². The molecule has 3 nitrogen and oxygen atoms in total. The van der Waals surface area contributed by atoms with E-state index in [9.17, 15) is 0 Å². The molecule has 166 valence electrons. The number of rotatable bonds is 3. The average Bonchev–Trinajstić information content (AvgIpc) is 3.22. The first-order valence-electron chi connectivity index (χ1n) is 12.0. The Morgan fingerprint density at radius 3 is 1.85 bits per heavy atom. The smallest absolute Gasteiger partial charge is 0.100 e. The van der Waals surface area contributed by atoms with Gasteiger partial charge < -0.3 is 14.7 Å².